The number of aliphatic hydroxyl groups excluding tert-OH is 1. The van der Waals surface area contributed by atoms with Crippen molar-refractivity contribution in [1.29, 1.82) is 0 Å². The summed E-state index contributed by atoms with van der Waals surface area (Å²) < 4.78 is 11.5. The molecule has 0 amide bonds. The molecule has 0 fully saturated rings. The maximum Gasteiger partial charge on any atom is 0.129 e. The summed E-state index contributed by atoms with van der Waals surface area (Å²) in [7, 11) is 0. The van der Waals surface area contributed by atoms with Crippen LogP contribution in [0.1, 0.15) is 11.3 Å². The second-order valence-corrected chi connectivity index (χ2v) is 5.36. The van der Waals surface area contributed by atoms with Gasteiger partial charge in [0, 0.05) is 16.7 Å². The molecule has 0 radical (unpaired) electrons. The molecule has 1 aromatic heterocycles. The van der Waals surface area contributed by atoms with Gasteiger partial charge in [0.2, 0.25) is 0 Å². The Morgan fingerprint density at radius 3 is 2.95 bits per heavy atom. The lowest BCUT2D eigenvalue weighted by molar-refractivity contribution is 0.0282. The van der Waals surface area contributed by atoms with Crippen LogP contribution in [0.15, 0.2) is 45.5 Å². The van der Waals surface area contributed by atoms with Crippen LogP contribution in [0.5, 0.6) is 0 Å². The predicted octanol–water partition coefficient (Wildman–Crippen LogP) is 3.34. The molecule has 1 aromatic carbocycles. The maximum absolute atomic E-state index is 9.87. The number of nitrogens with one attached hydrogen (secondary N) is 1. The lowest BCUT2D eigenvalue weighted by Crippen LogP contribution is -2.24. The van der Waals surface area contributed by atoms with Gasteiger partial charge in [0.1, 0.15) is 12.4 Å². The number of hydrogen-bond acceptors (Lipinski definition) is 4. The molecule has 0 bridgehead atoms. The van der Waals surface area contributed by atoms with E-state index in [4.69, 9.17) is 9.15 Å². The zero-order valence-electron chi connectivity index (χ0n) is 11.3. The number of furan rings is 1. The number of aryl methyl sites for hydroxylation is 1. The highest BCUT2D eigenvalue weighted by molar-refractivity contribution is 9.10. The Hall–Kier alpha value is -1.30. The summed E-state index contributed by atoms with van der Waals surface area (Å²) in [5.41, 5.74) is 2.12. The van der Waals surface area contributed by atoms with Crippen LogP contribution in [0.4, 0.5) is 5.69 Å². The fourth-order valence-corrected chi connectivity index (χ4v) is 2.17. The third kappa shape index (κ3) is 4.37. The van der Waals surface area contributed by atoms with E-state index in [1.54, 1.807) is 6.26 Å². The highest BCUT2D eigenvalue weighted by atomic mass is 79.9. The van der Waals surface area contributed by atoms with E-state index in [2.05, 4.69) is 21.2 Å². The van der Waals surface area contributed by atoms with Gasteiger partial charge in [-0.05, 0) is 46.6 Å². The van der Waals surface area contributed by atoms with E-state index in [0.29, 0.717) is 13.2 Å². The van der Waals surface area contributed by atoms with Crippen molar-refractivity contribution in [2.45, 2.75) is 19.6 Å². The Balaban J connectivity index is 1.72. The average Bonchev–Trinajstić information content (AvgIpc) is 2.94. The summed E-state index contributed by atoms with van der Waals surface area (Å²) in [6.07, 6.45) is 1.03. The summed E-state index contributed by atoms with van der Waals surface area (Å²) in [6, 6.07) is 9.62. The molecule has 108 valence electrons. The van der Waals surface area contributed by atoms with Crippen LogP contribution in [0, 0.1) is 6.92 Å². The van der Waals surface area contributed by atoms with Crippen molar-refractivity contribution in [2.24, 2.45) is 0 Å². The number of benzene rings is 1. The van der Waals surface area contributed by atoms with Gasteiger partial charge in [-0.3, -0.25) is 0 Å². The van der Waals surface area contributed by atoms with Crippen LogP contribution in [0.25, 0.3) is 0 Å². The Labute approximate surface area is 126 Å². The third-order valence-corrected chi connectivity index (χ3v) is 3.91. The third-order valence-electron chi connectivity index (χ3n) is 2.85. The molecule has 0 aliphatic heterocycles. The van der Waals surface area contributed by atoms with Gasteiger partial charge in [-0.15, -0.1) is 0 Å². The summed E-state index contributed by atoms with van der Waals surface area (Å²) >= 11 is 3.52. The minimum Gasteiger partial charge on any atom is -0.467 e. The van der Waals surface area contributed by atoms with Crippen molar-refractivity contribution in [3.05, 3.63) is 52.4 Å². The Morgan fingerprint density at radius 2 is 2.20 bits per heavy atom. The van der Waals surface area contributed by atoms with Crippen LogP contribution < -0.4 is 5.32 Å². The molecule has 1 heterocycles. The smallest absolute Gasteiger partial charge is 0.129 e. The molecular formula is C15H18BrNO3. The monoisotopic (exact) mass is 339 g/mol. The molecule has 20 heavy (non-hydrogen) atoms. The van der Waals surface area contributed by atoms with Crippen LogP contribution >= 0.6 is 15.9 Å². The van der Waals surface area contributed by atoms with Gasteiger partial charge in [0.15, 0.2) is 0 Å². The van der Waals surface area contributed by atoms with Crippen LogP contribution in [0.2, 0.25) is 0 Å². The van der Waals surface area contributed by atoms with E-state index >= 15 is 0 Å². The van der Waals surface area contributed by atoms with E-state index in [0.717, 1.165) is 21.5 Å². The van der Waals surface area contributed by atoms with Gasteiger partial charge >= 0.3 is 0 Å². The molecule has 0 saturated carbocycles. The van der Waals surface area contributed by atoms with Crippen molar-refractivity contribution in [1.82, 2.24) is 0 Å². The lowest BCUT2D eigenvalue weighted by Gasteiger charge is -2.14. The first-order chi connectivity index (χ1) is 9.66. The second kappa shape index (κ2) is 7.47. The molecule has 0 aliphatic carbocycles. The van der Waals surface area contributed by atoms with Crippen molar-refractivity contribution in [3.8, 4) is 0 Å². The fourth-order valence-electron chi connectivity index (χ4n) is 1.76. The van der Waals surface area contributed by atoms with Crippen molar-refractivity contribution in [2.75, 3.05) is 18.5 Å². The Kier molecular flexibility index (Phi) is 5.64. The molecule has 0 saturated heterocycles. The minimum atomic E-state index is -0.572. The largest absolute Gasteiger partial charge is 0.467 e. The first kappa shape index (κ1) is 15.1. The first-order valence-corrected chi connectivity index (χ1v) is 7.23. The molecular weight excluding hydrogens is 322 g/mol. The van der Waals surface area contributed by atoms with E-state index in [1.807, 2.05) is 37.3 Å². The molecule has 2 rings (SSSR count). The van der Waals surface area contributed by atoms with E-state index in [9.17, 15) is 5.11 Å². The molecule has 0 aliphatic rings. The van der Waals surface area contributed by atoms with Gasteiger partial charge < -0.3 is 19.6 Å². The summed E-state index contributed by atoms with van der Waals surface area (Å²) in [5.74, 6) is 0.756. The van der Waals surface area contributed by atoms with Gasteiger partial charge in [0.25, 0.3) is 0 Å². The fraction of sp³-hybridized carbons (Fsp3) is 0.333. The molecule has 2 aromatic rings. The number of ether oxygens (including phenoxy) is 1. The summed E-state index contributed by atoms with van der Waals surface area (Å²) in [5, 5.41) is 13.1. The summed E-state index contributed by atoms with van der Waals surface area (Å²) in [6.45, 7) is 3.09. The standard InChI is InChI=1S/C15H18BrNO3/c1-11-4-2-6-14(15(11)16)17-8-12(18)9-19-10-13-5-3-7-20-13/h2-7,12,17-18H,8-10H2,1H3. The highest BCUT2D eigenvalue weighted by Gasteiger charge is 2.07. The SMILES string of the molecule is Cc1cccc(NCC(O)COCc2ccco2)c1Br. The Bertz CT molecular complexity index is 528. The van der Waals surface area contributed by atoms with Gasteiger partial charge in [-0.2, -0.15) is 0 Å². The highest BCUT2D eigenvalue weighted by Crippen LogP contribution is 2.25. The van der Waals surface area contributed by atoms with Gasteiger partial charge in [0.05, 0.1) is 19.0 Å². The predicted molar refractivity (Wildman–Crippen MR) is 81.7 cm³/mol. The van der Waals surface area contributed by atoms with E-state index in [-0.39, 0.29) is 6.61 Å². The van der Waals surface area contributed by atoms with Crippen LogP contribution in [0.3, 0.4) is 0 Å². The quantitative estimate of drug-likeness (QED) is 0.812. The molecule has 2 N–H and O–H groups in total. The van der Waals surface area contributed by atoms with Crippen molar-refractivity contribution in [3.63, 3.8) is 0 Å². The number of rotatable bonds is 7. The number of halogens is 1. The minimum absolute atomic E-state index is 0.261. The topological polar surface area (TPSA) is 54.6 Å². The van der Waals surface area contributed by atoms with Gasteiger partial charge in [-0.25, -0.2) is 0 Å². The zero-order chi connectivity index (χ0) is 14.4. The number of hydrogen-bond donors (Lipinski definition) is 2. The molecule has 5 heteroatoms. The molecule has 1 unspecified atom stereocenters. The Morgan fingerprint density at radius 1 is 1.35 bits per heavy atom. The molecule has 1 atom stereocenters. The molecule has 4 nitrogen and oxygen atoms in total. The zero-order valence-corrected chi connectivity index (χ0v) is 12.9. The van der Waals surface area contributed by atoms with E-state index in [1.165, 1.54) is 0 Å². The van der Waals surface area contributed by atoms with E-state index < -0.39 is 6.10 Å². The van der Waals surface area contributed by atoms with Crippen LogP contribution in [-0.2, 0) is 11.3 Å². The average molecular weight is 340 g/mol. The second-order valence-electron chi connectivity index (χ2n) is 4.57. The number of aliphatic hydroxyl groups is 1. The van der Waals surface area contributed by atoms with Crippen molar-refractivity contribution < 1.29 is 14.3 Å². The summed E-state index contributed by atoms with van der Waals surface area (Å²) in [4.78, 5) is 0. The van der Waals surface area contributed by atoms with Gasteiger partial charge in [-0.1, -0.05) is 12.1 Å². The van der Waals surface area contributed by atoms with Crippen LogP contribution in [-0.4, -0.2) is 24.4 Å². The normalized spacial score (nSPS) is 12.3. The van der Waals surface area contributed by atoms with Crippen molar-refractivity contribution >= 4 is 21.6 Å². The molecule has 0 spiro atoms. The number of anilines is 1. The lowest BCUT2D eigenvalue weighted by atomic mass is 10.2. The maximum atomic E-state index is 9.87. The first-order valence-electron chi connectivity index (χ1n) is 6.44.